The molecule has 0 rings (SSSR count). The van der Waals surface area contributed by atoms with E-state index >= 15 is 0 Å². The molecule has 5 heteroatoms. The average Bonchev–Trinajstić information content (AvgIpc) is 1.85. The van der Waals surface area contributed by atoms with E-state index in [0.29, 0.717) is 0 Å². The fraction of sp³-hybridized carbons (Fsp3) is 1.00. The summed E-state index contributed by atoms with van der Waals surface area (Å²) < 4.78 is 0. The molecular formula is C6H16I2N2Pd. The molecule has 0 unspecified atom stereocenters. The summed E-state index contributed by atoms with van der Waals surface area (Å²) in [6, 6.07) is 0. The summed E-state index contributed by atoms with van der Waals surface area (Å²) in [7, 11) is 9.24. The van der Waals surface area contributed by atoms with E-state index in [4.69, 9.17) is 0 Å². The van der Waals surface area contributed by atoms with E-state index < -0.39 is 0 Å². The van der Waals surface area contributed by atoms with Crippen LogP contribution in [0.5, 0.6) is 0 Å². The first kappa shape index (κ1) is 15.5. The molecule has 0 atom stereocenters. The van der Waals surface area contributed by atoms with Gasteiger partial charge in [0.25, 0.3) is 0 Å². The quantitative estimate of drug-likeness (QED) is 0.454. The summed E-state index contributed by atoms with van der Waals surface area (Å²) in [4.78, 5) is 4.36. The number of nitrogens with zero attached hydrogens (tertiary/aromatic N) is 2. The van der Waals surface area contributed by atoms with Gasteiger partial charge in [-0.3, -0.25) is 0 Å². The Bertz CT molecular complexity index is 63.6. The van der Waals surface area contributed by atoms with Crippen LogP contribution in [-0.4, -0.2) is 51.1 Å². The molecule has 0 aromatic heterocycles. The van der Waals surface area contributed by atoms with Crippen LogP contribution in [0.1, 0.15) is 0 Å². The third-order valence-electron chi connectivity index (χ3n) is 0.994. The minimum absolute atomic E-state index is 0.890. The van der Waals surface area contributed by atoms with Crippen molar-refractivity contribution in [2.45, 2.75) is 0 Å². The van der Waals surface area contributed by atoms with Crippen molar-refractivity contribution in [3.63, 3.8) is 0 Å². The van der Waals surface area contributed by atoms with Gasteiger partial charge in [-0.1, -0.05) is 0 Å². The molecule has 0 saturated carbocycles. The number of likely N-dealkylation sites (N-methyl/N-ethyl adjacent to an activating group) is 2. The second-order valence-corrected chi connectivity index (χ2v) is 14.6. The third-order valence-corrected chi connectivity index (χ3v) is 0.994. The van der Waals surface area contributed by atoms with E-state index in [-0.39, 0.29) is 0 Å². The van der Waals surface area contributed by atoms with E-state index in [1.165, 1.54) is 0 Å². The van der Waals surface area contributed by atoms with Crippen molar-refractivity contribution in [2.24, 2.45) is 0 Å². The first-order chi connectivity index (χ1) is 5.04. The van der Waals surface area contributed by atoms with E-state index in [1.54, 1.807) is 0 Å². The number of hydrogen-bond donors (Lipinski definition) is 0. The molecule has 0 aromatic carbocycles. The zero-order valence-corrected chi connectivity index (χ0v) is 13.3. The van der Waals surface area contributed by atoms with E-state index in [0.717, 1.165) is 23.8 Å². The number of hydrogen-bond acceptors (Lipinski definition) is 2. The molecule has 0 aliphatic carbocycles. The Labute approximate surface area is 99.6 Å². The standard InChI is InChI=1S/C6H16N2.2HI.Pd/c1-7(2)5-6-8(3)4;;;/h5-6H2,1-4H3;2*1H;/q;;;+2/p-2. The van der Waals surface area contributed by atoms with Crippen molar-refractivity contribution in [3.05, 3.63) is 0 Å². The van der Waals surface area contributed by atoms with Gasteiger partial charge in [-0.15, -0.1) is 0 Å². The molecular weight excluding hydrogens is 460 g/mol. The summed E-state index contributed by atoms with van der Waals surface area (Å²) in [5, 5.41) is 0. The first-order valence-electron chi connectivity index (χ1n) is 3.16. The van der Waals surface area contributed by atoms with Crippen LogP contribution >= 0.6 is 39.0 Å². The van der Waals surface area contributed by atoms with Crippen LogP contribution in [0, 0.1) is 0 Å². The summed E-state index contributed by atoms with van der Waals surface area (Å²) in [6.07, 6.45) is 0. The number of halogens is 2. The summed E-state index contributed by atoms with van der Waals surface area (Å²) in [6.45, 7) is 2.29. The first-order valence-corrected chi connectivity index (χ1v) is 12.4. The van der Waals surface area contributed by atoms with Crippen LogP contribution in [-0.2, 0) is 10.8 Å². The molecule has 2 nitrogen and oxygen atoms in total. The fourth-order valence-electron chi connectivity index (χ4n) is 0.400. The molecule has 74 valence electrons. The van der Waals surface area contributed by atoms with Gasteiger partial charge in [-0.25, -0.2) is 0 Å². The summed E-state index contributed by atoms with van der Waals surface area (Å²) in [5.74, 6) is 0. The zero-order valence-electron chi connectivity index (χ0n) is 7.38. The van der Waals surface area contributed by atoms with Crippen LogP contribution in [0.3, 0.4) is 0 Å². The van der Waals surface area contributed by atoms with Gasteiger partial charge in [0.05, 0.1) is 0 Å². The Morgan fingerprint density at radius 2 is 1.09 bits per heavy atom. The van der Waals surface area contributed by atoms with Crippen molar-refractivity contribution in [1.82, 2.24) is 9.80 Å². The number of rotatable bonds is 3. The predicted molar refractivity (Wildman–Crippen MR) is 65.1 cm³/mol. The monoisotopic (exact) mass is 476 g/mol. The second-order valence-electron chi connectivity index (χ2n) is 2.65. The average molecular weight is 476 g/mol. The Morgan fingerprint density at radius 3 is 1.18 bits per heavy atom. The van der Waals surface area contributed by atoms with Gasteiger partial charge in [-0.2, -0.15) is 0 Å². The summed E-state index contributed by atoms with van der Waals surface area (Å²) in [5.41, 5.74) is 0. The van der Waals surface area contributed by atoms with E-state index in [1.807, 2.05) is 0 Å². The van der Waals surface area contributed by atoms with Gasteiger partial charge >= 0.3 is 49.8 Å². The van der Waals surface area contributed by atoms with Crippen molar-refractivity contribution >= 4 is 39.0 Å². The second kappa shape index (κ2) is 12.0. The van der Waals surface area contributed by atoms with Crippen molar-refractivity contribution < 1.29 is 10.8 Å². The Morgan fingerprint density at radius 1 is 0.909 bits per heavy atom. The third kappa shape index (κ3) is 24.5. The van der Waals surface area contributed by atoms with Crippen LogP contribution < -0.4 is 0 Å². The van der Waals surface area contributed by atoms with Gasteiger partial charge < -0.3 is 9.80 Å². The van der Waals surface area contributed by atoms with Crippen LogP contribution in [0.2, 0.25) is 0 Å². The molecule has 0 saturated heterocycles. The van der Waals surface area contributed by atoms with E-state index in [9.17, 15) is 0 Å². The summed E-state index contributed by atoms with van der Waals surface area (Å²) >= 11 is 4.65. The van der Waals surface area contributed by atoms with Crippen LogP contribution in [0.15, 0.2) is 0 Å². The molecule has 0 spiro atoms. The Kier molecular flexibility index (Phi) is 17.0. The van der Waals surface area contributed by atoms with Gasteiger partial charge in [0.2, 0.25) is 0 Å². The van der Waals surface area contributed by atoms with Crippen LogP contribution in [0.25, 0.3) is 0 Å². The fourth-order valence-corrected chi connectivity index (χ4v) is 0.400. The Balaban J connectivity index is 0. The molecule has 0 aliphatic heterocycles. The zero-order chi connectivity index (χ0) is 9.28. The molecule has 0 N–H and O–H groups in total. The predicted octanol–water partition coefficient (Wildman–Crippen LogP) is 1.88. The topological polar surface area (TPSA) is 6.48 Å². The van der Waals surface area contributed by atoms with Crippen molar-refractivity contribution in [2.75, 3.05) is 41.3 Å². The molecule has 0 aromatic rings. The maximum absolute atomic E-state index is 2.33. The molecule has 0 fully saturated rings. The van der Waals surface area contributed by atoms with Gasteiger partial charge in [0, 0.05) is 13.1 Å². The SMILES string of the molecule is CN(C)CCN(C)C.[I][Pd][I]. The van der Waals surface area contributed by atoms with Gasteiger partial charge in [0.15, 0.2) is 0 Å². The van der Waals surface area contributed by atoms with Crippen molar-refractivity contribution in [3.8, 4) is 0 Å². The maximum atomic E-state index is 2.33. The normalized spacial score (nSPS) is 10.2. The molecule has 0 bridgehead atoms. The van der Waals surface area contributed by atoms with E-state index in [2.05, 4.69) is 77.0 Å². The molecule has 0 radical (unpaired) electrons. The molecule has 0 heterocycles. The van der Waals surface area contributed by atoms with Crippen LogP contribution in [0.4, 0.5) is 0 Å². The van der Waals surface area contributed by atoms with Gasteiger partial charge in [-0.05, 0) is 28.2 Å². The molecule has 0 amide bonds. The molecule has 0 aliphatic rings. The minimum atomic E-state index is 0.890. The Hall–Kier alpha value is 2.04. The van der Waals surface area contributed by atoms with Crippen molar-refractivity contribution in [1.29, 1.82) is 0 Å². The molecule has 11 heavy (non-hydrogen) atoms. The van der Waals surface area contributed by atoms with Gasteiger partial charge in [0.1, 0.15) is 0 Å².